The van der Waals surface area contributed by atoms with Gasteiger partial charge in [-0.05, 0) is 61.7 Å². The quantitative estimate of drug-likeness (QED) is 0.464. The Kier molecular flexibility index (Phi) is 6.66. The molecule has 0 radical (unpaired) electrons. The van der Waals surface area contributed by atoms with Crippen molar-refractivity contribution in [1.82, 2.24) is 5.32 Å². The molecule has 0 spiro atoms. The molecule has 1 aliphatic heterocycles. The average molecular weight is 445 g/mol. The van der Waals surface area contributed by atoms with Gasteiger partial charge in [0.25, 0.3) is 11.8 Å². The second-order valence-corrected chi connectivity index (χ2v) is 9.30. The summed E-state index contributed by atoms with van der Waals surface area (Å²) in [6.45, 7) is 7.33. The number of carbonyl (C=O) groups is 2. The van der Waals surface area contributed by atoms with Crippen molar-refractivity contribution in [3.63, 3.8) is 0 Å². The maximum absolute atomic E-state index is 13.7. The minimum Gasteiger partial charge on any atom is -0.352 e. The maximum Gasteiger partial charge on any atom is 0.259 e. The number of rotatable bonds is 6. The average Bonchev–Trinajstić information content (AvgIpc) is 2.90. The third-order valence-corrected chi connectivity index (χ3v) is 6.88. The number of carbonyl (C=O) groups excluding carboxylic acids is 2. The zero-order valence-electron chi connectivity index (χ0n) is 18.8. The van der Waals surface area contributed by atoms with Crippen LogP contribution >= 0.6 is 11.8 Å². The Balaban J connectivity index is 1.78. The lowest BCUT2D eigenvalue weighted by atomic mass is 10.0. The van der Waals surface area contributed by atoms with Gasteiger partial charge in [0.05, 0.1) is 17.8 Å². The normalized spacial score (nSPS) is 12.7. The second-order valence-electron chi connectivity index (χ2n) is 8.21. The Hall–Kier alpha value is -3.05. The SMILES string of the molecule is CCCCNC(=O)c1ccc2c(c1)N(Cc1cc(C)ccc1C)C(=O)c1ccccc1S2. The van der Waals surface area contributed by atoms with Crippen molar-refractivity contribution in [1.29, 1.82) is 0 Å². The molecule has 1 N–H and O–H groups in total. The van der Waals surface area contributed by atoms with Crippen LogP contribution in [0.5, 0.6) is 0 Å². The number of anilines is 1. The van der Waals surface area contributed by atoms with E-state index < -0.39 is 0 Å². The van der Waals surface area contributed by atoms with Gasteiger partial charge >= 0.3 is 0 Å². The maximum atomic E-state index is 13.7. The van der Waals surface area contributed by atoms with Crippen molar-refractivity contribution < 1.29 is 9.59 Å². The van der Waals surface area contributed by atoms with Crippen molar-refractivity contribution >= 4 is 29.3 Å². The summed E-state index contributed by atoms with van der Waals surface area (Å²) in [6.07, 6.45) is 1.97. The summed E-state index contributed by atoms with van der Waals surface area (Å²) in [7, 11) is 0. The number of hydrogen-bond donors (Lipinski definition) is 1. The summed E-state index contributed by atoms with van der Waals surface area (Å²) >= 11 is 1.58. The molecule has 0 unspecified atom stereocenters. The lowest BCUT2D eigenvalue weighted by Crippen LogP contribution is -2.31. The molecule has 2 amide bonds. The van der Waals surface area contributed by atoms with Gasteiger partial charge in [0.2, 0.25) is 0 Å². The molecule has 5 heteroatoms. The van der Waals surface area contributed by atoms with Gasteiger partial charge in [-0.1, -0.05) is 61.0 Å². The number of nitrogens with one attached hydrogen (secondary N) is 1. The lowest BCUT2D eigenvalue weighted by Gasteiger charge is -2.25. The summed E-state index contributed by atoms with van der Waals surface area (Å²) in [5.41, 5.74) is 5.44. The highest BCUT2D eigenvalue weighted by Crippen LogP contribution is 2.42. The highest BCUT2D eigenvalue weighted by atomic mass is 32.2. The van der Waals surface area contributed by atoms with E-state index in [0.29, 0.717) is 24.2 Å². The van der Waals surface area contributed by atoms with Crippen LogP contribution in [-0.2, 0) is 6.54 Å². The molecule has 3 aromatic rings. The van der Waals surface area contributed by atoms with E-state index in [0.717, 1.165) is 45.0 Å². The number of nitrogens with zero attached hydrogens (tertiary/aromatic N) is 1. The minimum absolute atomic E-state index is 0.0451. The molecule has 0 saturated carbocycles. The Morgan fingerprint density at radius 1 is 1.00 bits per heavy atom. The van der Waals surface area contributed by atoms with E-state index in [2.05, 4.69) is 44.3 Å². The number of hydrogen-bond acceptors (Lipinski definition) is 3. The first-order valence-corrected chi connectivity index (χ1v) is 11.9. The Morgan fingerprint density at radius 3 is 2.62 bits per heavy atom. The molecule has 4 rings (SSSR count). The molecule has 0 bridgehead atoms. The van der Waals surface area contributed by atoms with Crippen molar-refractivity contribution in [3.8, 4) is 0 Å². The summed E-state index contributed by atoms with van der Waals surface area (Å²) in [6, 6.07) is 19.7. The number of amides is 2. The van der Waals surface area contributed by atoms with E-state index in [1.807, 2.05) is 47.4 Å². The van der Waals surface area contributed by atoms with Gasteiger partial charge in [0, 0.05) is 21.9 Å². The third kappa shape index (κ3) is 4.58. The molecule has 1 aliphatic rings. The van der Waals surface area contributed by atoms with Crippen LogP contribution in [0.25, 0.3) is 0 Å². The highest BCUT2D eigenvalue weighted by Gasteiger charge is 2.28. The van der Waals surface area contributed by atoms with Gasteiger partial charge < -0.3 is 10.2 Å². The largest absolute Gasteiger partial charge is 0.352 e. The van der Waals surface area contributed by atoms with Crippen LogP contribution in [0.1, 0.15) is 57.2 Å². The molecule has 0 aliphatic carbocycles. The molecular formula is C27H28N2O2S. The molecule has 1 heterocycles. The highest BCUT2D eigenvalue weighted by molar-refractivity contribution is 7.99. The van der Waals surface area contributed by atoms with Crippen LogP contribution < -0.4 is 10.2 Å². The number of benzene rings is 3. The van der Waals surface area contributed by atoms with E-state index in [1.54, 1.807) is 11.8 Å². The molecule has 164 valence electrons. The van der Waals surface area contributed by atoms with E-state index in [1.165, 1.54) is 0 Å². The van der Waals surface area contributed by atoms with E-state index in [-0.39, 0.29) is 11.8 Å². The van der Waals surface area contributed by atoms with E-state index in [9.17, 15) is 9.59 Å². The summed E-state index contributed by atoms with van der Waals surface area (Å²) in [4.78, 5) is 30.2. The van der Waals surface area contributed by atoms with Crippen molar-refractivity contribution in [3.05, 3.63) is 88.5 Å². The van der Waals surface area contributed by atoms with Crippen molar-refractivity contribution in [2.24, 2.45) is 0 Å². The standard InChI is InChI=1S/C27H28N2O2S/c1-4-5-14-28-26(30)20-12-13-25-23(16-20)29(17-21-15-18(2)10-11-19(21)3)27(31)22-8-6-7-9-24(22)32-25/h6-13,15-16H,4-5,14,17H2,1-3H3,(H,28,30). The van der Waals surface area contributed by atoms with Crippen LogP contribution in [0.15, 0.2) is 70.5 Å². The van der Waals surface area contributed by atoms with Crippen LogP contribution in [0.4, 0.5) is 5.69 Å². The summed E-state index contributed by atoms with van der Waals surface area (Å²) in [5.74, 6) is -0.150. The van der Waals surface area contributed by atoms with Gasteiger partial charge in [-0.2, -0.15) is 0 Å². The zero-order chi connectivity index (χ0) is 22.7. The van der Waals surface area contributed by atoms with Gasteiger partial charge in [-0.15, -0.1) is 0 Å². The Labute approximate surface area is 194 Å². The first-order valence-electron chi connectivity index (χ1n) is 11.0. The van der Waals surface area contributed by atoms with Gasteiger partial charge in [-0.25, -0.2) is 0 Å². The Bertz CT molecular complexity index is 1170. The fourth-order valence-electron chi connectivity index (χ4n) is 3.84. The minimum atomic E-state index is -0.104. The third-order valence-electron chi connectivity index (χ3n) is 5.74. The molecule has 0 saturated heterocycles. The molecule has 0 atom stereocenters. The lowest BCUT2D eigenvalue weighted by molar-refractivity contribution is 0.0949. The van der Waals surface area contributed by atoms with Crippen LogP contribution in [0.3, 0.4) is 0 Å². The van der Waals surface area contributed by atoms with E-state index >= 15 is 0 Å². The number of fused-ring (bicyclic) bond motifs is 2. The second kappa shape index (κ2) is 9.61. The zero-order valence-corrected chi connectivity index (χ0v) is 19.6. The van der Waals surface area contributed by atoms with Crippen molar-refractivity contribution in [2.75, 3.05) is 11.4 Å². The molecule has 32 heavy (non-hydrogen) atoms. The van der Waals surface area contributed by atoms with Gasteiger partial charge in [-0.3, -0.25) is 9.59 Å². The monoisotopic (exact) mass is 444 g/mol. The smallest absolute Gasteiger partial charge is 0.259 e. The number of aryl methyl sites for hydroxylation is 2. The summed E-state index contributed by atoms with van der Waals surface area (Å²) < 4.78 is 0. The predicted octanol–water partition coefficient (Wildman–Crippen LogP) is 6.14. The number of unbranched alkanes of at least 4 members (excludes halogenated alkanes) is 1. The summed E-state index contributed by atoms with van der Waals surface area (Å²) in [5, 5.41) is 2.98. The van der Waals surface area contributed by atoms with Crippen molar-refractivity contribution in [2.45, 2.75) is 49.9 Å². The molecule has 0 aromatic heterocycles. The Morgan fingerprint density at radius 2 is 1.81 bits per heavy atom. The molecular weight excluding hydrogens is 416 g/mol. The van der Waals surface area contributed by atoms with Gasteiger partial charge in [0.15, 0.2) is 0 Å². The van der Waals surface area contributed by atoms with E-state index in [4.69, 9.17) is 0 Å². The van der Waals surface area contributed by atoms with Crippen LogP contribution in [0.2, 0.25) is 0 Å². The predicted molar refractivity (Wildman–Crippen MR) is 131 cm³/mol. The first-order chi connectivity index (χ1) is 15.5. The molecule has 0 fully saturated rings. The first kappa shape index (κ1) is 22.2. The molecule has 3 aromatic carbocycles. The van der Waals surface area contributed by atoms with Gasteiger partial charge in [0.1, 0.15) is 0 Å². The fraction of sp³-hybridized carbons (Fsp3) is 0.259. The van der Waals surface area contributed by atoms with Crippen LogP contribution in [-0.4, -0.2) is 18.4 Å². The van der Waals surface area contributed by atoms with Crippen LogP contribution in [0, 0.1) is 13.8 Å². The molecule has 4 nitrogen and oxygen atoms in total. The fourth-order valence-corrected chi connectivity index (χ4v) is 4.90. The topological polar surface area (TPSA) is 49.4 Å².